The summed E-state index contributed by atoms with van der Waals surface area (Å²) >= 11 is 0. The molecule has 0 aliphatic carbocycles. The van der Waals surface area contributed by atoms with E-state index in [1.165, 1.54) is 10.9 Å². The molecule has 0 radical (unpaired) electrons. The highest BCUT2D eigenvalue weighted by Crippen LogP contribution is 2.28. The third-order valence-corrected chi connectivity index (χ3v) is 3.87. The molecule has 1 saturated heterocycles. The van der Waals surface area contributed by atoms with Crippen molar-refractivity contribution in [3.63, 3.8) is 0 Å². The van der Waals surface area contributed by atoms with Gasteiger partial charge in [0.1, 0.15) is 24.1 Å². The van der Waals surface area contributed by atoms with E-state index < -0.39 is 36.8 Å². The van der Waals surface area contributed by atoms with Gasteiger partial charge in [0.15, 0.2) is 6.23 Å². The fourth-order valence-corrected chi connectivity index (χ4v) is 2.62. The van der Waals surface area contributed by atoms with Gasteiger partial charge in [0.05, 0.1) is 12.3 Å². The van der Waals surface area contributed by atoms with Crippen LogP contribution in [0.3, 0.4) is 0 Å². The van der Waals surface area contributed by atoms with Crippen LogP contribution in [-0.4, -0.2) is 64.8 Å². The third-order valence-electron chi connectivity index (χ3n) is 3.87. The average Bonchev–Trinajstić information content (AvgIpc) is 3.07. The van der Waals surface area contributed by atoms with Gasteiger partial charge in [0.25, 0.3) is 0 Å². The molecule has 4 unspecified atom stereocenters. The Kier molecular flexibility index (Phi) is 4.32. The number of anilines is 1. The molecule has 11 nitrogen and oxygen atoms in total. The topological polar surface area (TPSA) is 162 Å². The quantitative estimate of drug-likeness (QED) is 0.460. The normalized spacial score (nSPS) is 26.8. The minimum Gasteiger partial charge on any atom is -0.394 e. The van der Waals surface area contributed by atoms with Crippen LogP contribution < -0.4 is 11.4 Å². The minimum absolute atomic E-state index is 0.0358. The zero-order valence-corrected chi connectivity index (χ0v) is 12.8. The summed E-state index contributed by atoms with van der Waals surface area (Å²) in [5, 5.41) is 36.8. The number of hydrogen-bond acceptors (Lipinski definition) is 9. The maximum Gasteiger partial charge on any atom is 0.351 e. The van der Waals surface area contributed by atoms with Crippen LogP contribution in [0.2, 0.25) is 0 Å². The van der Waals surface area contributed by atoms with Crippen LogP contribution in [0.15, 0.2) is 17.2 Å². The molecule has 1 aliphatic heterocycles. The van der Waals surface area contributed by atoms with E-state index in [0.717, 1.165) is 4.57 Å². The van der Waals surface area contributed by atoms with E-state index in [1.54, 1.807) is 13.2 Å². The zero-order valence-electron chi connectivity index (χ0n) is 12.8. The number of aliphatic hydroxyl groups is 3. The second-order valence-corrected chi connectivity index (χ2v) is 5.63. The molecule has 1 aliphatic rings. The standard InChI is InChI=1S/C13H18N6O5/c1-18-4-7(16-17-18)2-6-3-19(13(23)15-11(6)14)12-10(22)9(21)8(5-20)24-12/h3-4,8-10,12,20-22H,2,5H2,1H3,(H2,14,15,23). The molecular weight excluding hydrogens is 320 g/mol. The summed E-state index contributed by atoms with van der Waals surface area (Å²) in [5.74, 6) is 0.0358. The highest BCUT2D eigenvalue weighted by atomic mass is 16.6. The molecule has 24 heavy (non-hydrogen) atoms. The largest absolute Gasteiger partial charge is 0.394 e. The molecule has 4 atom stereocenters. The zero-order chi connectivity index (χ0) is 17.4. The molecule has 0 spiro atoms. The monoisotopic (exact) mass is 338 g/mol. The van der Waals surface area contributed by atoms with Gasteiger partial charge in [-0.15, -0.1) is 5.10 Å². The molecule has 0 amide bonds. The molecule has 0 bridgehead atoms. The van der Waals surface area contributed by atoms with Crippen molar-refractivity contribution in [3.05, 3.63) is 34.1 Å². The Balaban J connectivity index is 1.94. The average molecular weight is 338 g/mol. The predicted molar refractivity (Wildman–Crippen MR) is 79.7 cm³/mol. The maximum atomic E-state index is 12.1. The molecule has 3 rings (SSSR count). The summed E-state index contributed by atoms with van der Waals surface area (Å²) in [7, 11) is 1.72. The van der Waals surface area contributed by atoms with E-state index in [1.807, 2.05) is 0 Å². The van der Waals surface area contributed by atoms with Crippen molar-refractivity contribution < 1.29 is 20.1 Å². The molecule has 130 valence electrons. The van der Waals surface area contributed by atoms with E-state index in [2.05, 4.69) is 15.3 Å². The lowest BCUT2D eigenvalue weighted by Gasteiger charge is -2.18. The maximum absolute atomic E-state index is 12.1. The van der Waals surface area contributed by atoms with E-state index in [9.17, 15) is 15.0 Å². The van der Waals surface area contributed by atoms with Crippen LogP contribution in [0.4, 0.5) is 5.82 Å². The minimum atomic E-state index is -1.38. The summed E-state index contributed by atoms with van der Waals surface area (Å²) in [4.78, 5) is 15.8. The fraction of sp³-hybridized carbons (Fsp3) is 0.538. The summed E-state index contributed by atoms with van der Waals surface area (Å²) in [5.41, 5.74) is 6.17. The van der Waals surface area contributed by atoms with E-state index in [4.69, 9.17) is 15.6 Å². The first-order valence-electron chi connectivity index (χ1n) is 7.26. The molecule has 0 saturated carbocycles. The molecule has 2 aromatic rings. The highest BCUT2D eigenvalue weighted by Gasteiger charge is 2.43. The molecule has 11 heteroatoms. The molecule has 3 heterocycles. The lowest BCUT2D eigenvalue weighted by molar-refractivity contribution is -0.0550. The summed E-state index contributed by atoms with van der Waals surface area (Å²) in [6.07, 6.45) is -1.47. The molecule has 5 N–H and O–H groups in total. The van der Waals surface area contributed by atoms with Gasteiger partial charge in [-0.25, -0.2) is 4.79 Å². The Morgan fingerprint density at radius 1 is 1.33 bits per heavy atom. The van der Waals surface area contributed by atoms with Gasteiger partial charge >= 0.3 is 5.69 Å². The van der Waals surface area contributed by atoms with Crippen molar-refractivity contribution in [1.29, 1.82) is 0 Å². The second kappa shape index (κ2) is 6.28. The lowest BCUT2D eigenvalue weighted by Crippen LogP contribution is -2.36. The van der Waals surface area contributed by atoms with Crippen LogP contribution in [-0.2, 0) is 18.2 Å². The number of aromatic nitrogens is 5. The number of nitrogen functional groups attached to an aromatic ring is 1. The second-order valence-electron chi connectivity index (χ2n) is 5.63. The Hall–Kier alpha value is -2.34. The van der Waals surface area contributed by atoms with E-state index in [-0.39, 0.29) is 12.2 Å². The number of rotatable bonds is 4. The van der Waals surface area contributed by atoms with Crippen molar-refractivity contribution in [2.24, 2.45) is 7.05 Å². The molecular formula is C13H18N6O5. The Labute approximate surface area is 135 Å². The van der Waals surface area contributed by atoms with E-state index in [0.29, 0.717) is 11.3 Å². The number of ether oxygens (including phenoxy) is 1. The summed E-state index contributed by atoms with van der Waals surface area (Å²) in [6.45, 7) is -0.488. The molecule has 1 fully saturated rings. The molecule has 2 aromatic heterocycles. The van der Waals surface area contributed by atoms with Crippen LogP contribution in [0.25, 0.3) is 0 Å². The first kappa shape index (κ1) is 16.5. The number of nitrogens with two attached hydrogens (primary N) is 1. The van der Waals surface area contributed by atoms with Gasteiger partial charge < -0.3 is 25.8 Å². The van der Waals surface area contributed by atoms with Gasteiger partial charge in [-0.2, -0.15) is 4.98 Å². The number of nitrogens with zero attached hydrogens (tertiary/aromatic N) is 5. The van der Waals surface area contributed by atoms with Crippen molar-refractivity contribution in [3.8, 4) is 0 Å². The van der Waals surface area contributed by atoms with Crippen LogP contribution in [0.5, 0.6) is 0 Å². The predicted octanol–water partition coefficient (Wildman–Crippen LogP) is -2.84. The molecule has 0 aromatic carbocycles. The van der Waals surface area contributed by atoms with Gasteiger partial charge in [-0.3, -0.25) is 9.25 Å². The van der Waals surface area contributed by atoms with Gasteiger partial charge in [-0.1, -0.05) is 5.21 Å². The van der Waals surface area contributed by atoms with Crippen LogP contribution in [0, 0.1) is 0 Å². The van der Waals surface area contributed by atoms with Crippen LogP contribution in [0.1, 0.15) is 17.5 Å². The van der Waals surface area contributed by atoms with Gasteiger partial charge in [0.2, 0.25) is 0 Å². The van der Waals surface area contributed by atoms with Crippen molar-refractivity contribution in [1.82, 2.24) is 24.5 Å². The third kappa shape index (κ3) is 2.89. The van der Waals surface area contributed by atoms with Crippen LogP contribution >= 0.6 is 0 Å². The van der Waals surface area contributed by atoms with E-state index >= 15 is 0 Å². The Morgan fingerprint density at radius 2 is 2.08 bits per heavy atom. The number of aliphatic hydroxyl groups excluding tert-OH is 3. The first-order valence-corrected chi connectivity index (χ1v) is 7.26. The van der Waals surface area contributed by atoms with Crippen molar-refractivity contribution >= 4 is 5.82 Å². The highest BCUT2D eigenvalue weighted by molar-refractivity contribution is 5.39. The van der Waals surface area contributed by atoms with Gasteiger partial charge in [0, 0.05) is 31.4 Å². The number of aryl methyl sites for hydroxylation is 1. The Bertz CT molecular complexity index is 789. The summed E-state index contributed by atoms with van der Waals surface area (Å²) in [6, 6.07) is 0. The van der Waals surface area contributed by atoms with Crippen molar-refractivity contribution in [2.75, 3.05) is 12.3 Å². The smallest absolute Gasteiger partial charge is 0.351 e. The summed E-state index contributed by atoms with van der Waals surface area (Å²) < 4.78 is 7.93. The lowest BCUT2D eigenvalue weighted by atomic mass is 10.1. The fourth-order valence-electron chi connectivity index (χ4n) is 2.62. The van der Waals surface area contributed by atoms with Gasteiger partial charge in [-0.05, 0) is 0 Å². The SMILES string of the molecule is Cn1cc(Cc2cn(C3OC(CO)C(O)C3O)c(=O)nc2N)nn1. The Morgan fingerprint density at radius 3 is 2.67 bits per heavy atom. The first-order chi connectivity index (χ1) is 11.4. The number of hydrogen-bond donors (Lipinski definition) is 4. The van der Waals surface area contributed by atoms with Crippen molar-refractivity contribution in [2.45, 2.75) is 31.0 Å².